The van der Waals surface area contributed by atoms with Gasteiger partial charge in [0.15, 0.2) is 0 Å². The second-order valence-electron chi connectivity index (χ2n) is 4.16. The molecule has 21 heavy (non-hydrogen) atoms. The molecule has 0 heterocycles. The third kappa shape index (κ3) is 5.43. The minimum atomic E-state index is 0. The maximum Gasteiger partial charge on any atom is -0.0183 e. The second kappa shape index (κ2) is 10.3. The number of rotatable bonds is 4. The predicted molar refractivity (Wildman–Crippen MR) is 107 cm³/mol. The molecule has 0 fully saturated rings. The van der Waals surface area contributed by atoms with Crippen molar-refractivity contribution < 1.29 is 0 Å². The quantitative estimate of drug-likeness (QED) is 0.479. The number of allylic oxidation sites excluding steroid dienone is 4. The van der Waals surface area contributed by atoms with E-state index in [2.05, 4.69) is 70.4 Å². The molecule has 2 heteroatoms. The van der Waals surface area contributed by atoms with Gasteiger partial charge in [0, 0.05) is 0 Å². The molecule has 0 bridgehead atoms. The zero-order valence-electron chi connectivity index (χ0n) is 11.5. The summed E-state index contributed by atoms with van der Waals surface area (Å²) in [5, 5.41) is 0. The first-order valence-electron chi connectivity index (χ1n) is 6.22. The Balaban J connectivity index is 0.00000200. The standard InChI is InChI=1S/C18H17P.CH4.H3P/c1-2-3-7-18(14-19)17-12-10-16(11-13-17)15-8-5-4-6-9-15;;/h2-14H,1,19H2;1H4;1H3/b7-3-,18-14+;;. The van der Waals surface area contributed by atoms with E-state index in [0.29, 0.717) is 0 Å². The lowest BCUT2D eigenvalue weighted by molar-refractivity contribution is 1.58. The fourth-order valence-electron chi connectivity index (χ4n) is 1.91. The molecule has 0 saturated heterocycles. The SMILES string of the molecule is C.C=C/C=C\C(=C/P)c1ccc(-c2ccccc2)cc1.P. The van der Waals surface area contributed by atoms with Crippen LogP contribution in [0.15, 0.2) is 85.2 Å². The molecule has 0 nitrogen and oxygen atoms in total. The van der Waals surface area contributed by atoms with Crippen molar-refractivity contribution in [1.29, 1.82) is 0 Å². The van der Waals surface area contributed by atoms with Crippen LogP contribution in [0.2, 0.25) is 0 Å². The van der Waals surface area contributed by atoms with Gasteiger partial charge in [-0.25, -0.2) is 0 Å². The van der Waals surface area contributed by atoms with E-state index in [-0.39, 0.29) is 17.3 Å². The van der Waals surface area contributed by atoms with Crippen LogP contribution in [-0.2, 0) is 0 Å². The Kier molecular flexibility index (Phi) is 9.55. The molecule has 0 amide bonds. The third-order valence-corrected chi connectivity index (χ3v) is 3.28. The molecular weight excluding hydrogens is 290 g/mol. The zero-order valence-corrected chi connectivity index (χ0v) is 14.1. The van der Waals surface area contributed by atoms with Gasteiger partial charge in [0.2, 0.25) is 0 Å². The smallest absolute Gasteiger partial charge is 0.0183 e. The molecule has 2 rings (SSSR count). The van der Waals surface area contributed by atoms with E-state index in [1.165, 1.54) is 22.3 Å². The topological polar surface area (TPSA) is 0 Å². The Labute approximate surface area is 134 Å². The van der Waals surface area contributed by atoms with Crippen LogP contribution in [0.4, 0.5) is 0 Å². The van der Waals surface area contributed by atoms with Crippen molar-refractivity contribution in [1.82, 2.24) is 0 Å². The van der Waals surface area contributed by atoms with E-state index in [4.69, 9.17) is 0 Å². The van der Waals surface area contributed by atoms with Crippen molar-refractivity contribution in [3.05, 3.63) is 90.8 Å². The summed E-state index contributed by atoms with van der Waals surface area (Å²) in [5.41, 5.74) is 4.85. The molecule has 110 valence electrons. The highest BCUT2D eigenvalue weighted by atomic mass is 31.0. The summed E-state index contributed by atoms with van der Waals surface area (Å²) in [4.78, 5) is 0. The van der Waals surface area contributed by atoms with Crippen LogP contribution in [0.1, 0.15) is 13.0 Å². The highest BCUT2D eigenvalue weighted by Gasteiger charge is 1.99. The molecule has 2 aromatic rings. The number of hydrogen-bond acceptors (Lipinski definition) is 0. The highest BCUT2D eigenvalue weighted by Crippen LogP contribution is 2.23. The summed E-state index contributed by atoms with van der Waals surface area (Å²) in [6.07, 6.45) is 5.78. The van der Waals surface area contributed by atoms with E-state index < -0.39 is 0 Å². The Morgan fingerprint density at radius 2 is 1.48 bits per heavy atom. The molecule has 0 spiro atoms. The minimum absolute atomic E-state index is 0. The van der Waals surface area contributed by atoms with Gasteiger partial charge in [-0.15, -0.1) is 9.24 Å². The van der Waals surface area contributed by atoms with Crippen LogP contribution in [0, 0.1) is 0 Å². The molecule has 0 aliphatic heterocycles. The van der Waals surface area contributed by atoms with Gasteiger partial charge in [0.1, 0.15) is 0 Å². The van der Waals surface area contributed by atoms with Gasteiger partial charge in [-0.2, -0.15) is 9.90 Å². The number of hydrogen-bond donors (Lipinski definition) is 0. The Morgan fingerprint density at radius 3 is 2.00 bits per heavy atom. The van der Waals surface area contributed by atoms with Crippen LogP contribution < -0.4 is 0 Å². The van der Waals surface area contributed by atoms with Crippen LogP contribution in [0.25, 0.3) is 16.7 Å². The minimum Gasteiger partial charge on any atom is -0.153 e. The van der Waals surface area contributed by atoms with E-state index >= 15 is 0 Å². The summed E-state index contributed by atoms with van der Waals surface area (Å²) < 4.78 is 0. The fraction of sp³-hybridized carbons (Fsp3) is 0.0526. The molecule has 0 aliphatic carbocycles. The van der Waals surface area contributed by atoms with Crippen LogP contribution in [0.3, 0.4) is 0 Å². The summed E-state index contributed by atoms with van der Waals surface area (Å²) >= 11 is 0. The number of benzene rings is 2. The predicted octanol–water partition coefficient (Wildman–Crippen LogP) is 6.01. The Hall–Kier alpha value is -1.48. The maximum absolute atomic E-state index is 3.69. The average molecular weight is 314 g/mol. The van der Waals surface area contributed by atoms with Crippen molar-refractivity contribution in [2.24, 2.45) is 0 Å². The van der Waals surface area contributed by atoms with Gasteiger partial charge in [-0.1, -0.05) is 92.6 Å². The molecule has 2 atom stereocenters. The van der Waals surface area contributed by atoms with Gasteiger partial charge in [-0.05, 0) is 22.3 Å². The van der Waals surface area contributed by atoms with E-state index in [1.807, 2.05) is 18.0 Å². The Bertz CT molecular complexity index is 593. The summed E-state index contributed by atoms with van der Waals surface area (Å²) in [7, 11) is 2.65. The first-order chi connectivity index (χ1) is 9.35. The van der Waals surface area contributed by atoms with E-state index in [0.717, 1.165) is 0 Å². The molecule has 0 saturated carbocycles. The largest absolute Gasteiger partial charge is 0.153 e. The van der Waals surface area contributed by atoms with Crippen LogP contribution in [0.5, 0.6) is 0 Å². The van der Waals surface area contributed by atoms with E-state index in [1.54, 1.807) is 6.08 Å². The second-order valence-corrected chi connectivity index (χ2v) is 4.49. The van der Waals surface area contributed by atoms with Crippen molar-refractivity contribution in [3.8, 4) is 11.1 Å². The van der Waals surface area contributed by atoms with Crippen molar-refractivity contribution >= 4 is 24.7 Å². The van der Waals surface area contributed by atoms with Crippen LogP contribution >= 0.6 is 19.1 Å². The summed E-state index contributed by atoms with van der Waals surface area (Å²) in [5.74, 6) is 2.03. The van der Waals surface area contributed by atoms with Gasteiger partial charge in [-0.3, -0.25) is 0 Å². The first-order valence-corrected chi connectivity index (χ1v) is 6.88. The van der Waals surface area contributed by atoms with Gasteiger partial charge < -0.3 is 0 Å². The van der Waals surface area contributed by atoms with Gasteiger partial charge in [0.25, 0.3) is 0 Å². The van der Waals surface area contributed by atoms with E-state index in [9.17, 15) is 0 Å². The monoisotopic (exact) mass is 314 g/mol. The zero-order chi connectivity index (χ0) is 13.5. The first kappa shape index (κ1) is 19.5. The molecule has 2 aromatic carbocycles. The van der Waals surface area contributed by atoms with Gasteiger partial charge in [0.05, 0.1) is 0 Å². The van der Waals surface area contributed by atoms with Crippen molar-refractivity contribution in [2.75, 3.05) is 0 Å². The van der Waals surface area contributed by atoms with Crippen molar-refractivity contribution in [3.63, 3.8) is 0 Å². The average Bonchev–Trinajstić information content (AvgIpc) is 2.49. The molecular formula is C19H24P2. The highest BCUT2D eigenvalue weighted by molar-refractivity contribution is 7.21. The Morgan fingerprint density at radius 1 is 0.905 bits per heavy atom. The van der Waals surface area contributed by atoms with Crippen LogP contribution in [-0.4, -0.2) is 0 Å². The molecule has 2 unspecified atom stereocenters. The lowest BCUT2D eigenvalue weighted by atomic mass is 10.0. The lowest BCUT2D eigenvalue weighted by Crippen LogP contribution is -1.82. The molecule has 0 radical (unpaired) electrons. The van der Waals surface area contributed by atoms with Gasteiger partial charge >= 0.3 is 0 Å². The fourth-order valence-corrected chi connectivity index (χ4v) is 2.21. The third-order valence-electron chi connectivity index (χ3n) is 2.92. The summed E-state index contributed by atoms with van der Waals surface area (Å²) in [6, 6.07) is 19.0. The molecule has 0 aliphatic rings. The summed E-state index contributed by atoms with van der Waals surface area (Å²) in [6.45, 7) is 3.69. The van der Waals surface area contributed by atoms with Crippen molar-refractivity contribution in [2.45, 2.75) is 7.43 Å². The molecule has 0 N–H and O–H groups in total. The molecule has 0 aromatic heterocycles. The lowest BCUT2D eigenvalue weighted by Gasteiger charge is -2.05. The maximum atomic E-state index is 3.69. The normalized spacial score (nSPS) is 10.6.